The standard InChI is InChI=1S/C19H20N6O/c1-15-20-21-22-25(15)18-9-5-6-16(14-18)19(26)24-12-10-23(11-13-24)17-7-3-2-4-8-17/h2-9,14H,10-13H2,1H3. The van der Waals surface area contributed by atoms with Crippen LogP contribution in [0.15, 0.2) is 54.6 Å². The number of nitrogens with zero attached hydrogens (tertiary/aromatic N) is 6. The maximum Gasteiger partial charge on any atom is 0.254 e. The third-order valence-electron chi connectivity index (χ3n) is 4.65. The topological polar surface area (TPSA) is 67.2 Å². The summed E-state index contributed by atoms with van der Waals surface area (Å²) in [5.74, 6) is 0.733. The lowest BCUT2D eigenvalue weighted by Crippen LogP contribution is -2.48. The van der Waals surface area contributed by atoms with E-state index in [4.69, 9.17) is 0 Å². The van der Waals surface area contributed by atoms with Gasteiger partial charge >= 0.3 is 0 Å². The lowest BCUT2D eigenvalue weighted by Gasteiger charge is -2.36. The Morgan fingerprint density at radius 2 is 1.65 bits per heavy atom. The van der Waals surface area contributed by atoms with Crippen LogP contribution in [0.3, 0.4) is 0 Å². The van der Waals surface area contributed by atoms with Crippen molar-refractivity contribution in [1.29, 1.82) is 0 Å². The number of amides is 1. The zero-order valence-electron chi connectivity index (χ0n) is 14.6. The van der Waals surface area contributed by atoms with Gasteiger partial charge in [0.2, 0.25) is 0 Å². The summed E-state index contributed by atoms with van der Waals surface area (Å²) in [6.07, 6.45) is 0. The van der Waals surface area contributed by atoms with E-state index < -0.39 is 0 Å². The van der Waals surface area contributed by atoms with E-state index in [-0.39, 0.29) is 5.91 Å². The molecule has 7 nitrogen and oxygen atoms in total. The van der Waals surface area contributed by atoms with Gasteiger partial charge in [-0.2, -0.15) is 4.68 Å². The van der Waals surface area contributed by atoms with E-state index in [1.807, 2.05) is 54.3 Å². The lowest BCUT2D eigenvalue weighted by atomic mass is 10.1. The minimum atomic E-state index is 0.0466. The fourth-order valence-electron chi connectivity index (χ4n) is 3.23. The smallest absolute Gasteiger partial charge is 0.254 e. The molecule has 0 radical (unpaired) electrons. The number of hydrogen-bond acceptors (Lipinski definition) is 5. The molecular formula is C19H20N6O. The number of hydrogen-bond donors (Lipinski definition) is 0. The average Bonchev–Trinajstić information content (AvgIpc) is 3.14. The van der Waals surface area contributed by atoms with E-state index in [2.05, 4.69) is 32.6 Å². The van der Waals surface area contributed by atoms with Gasteiger partial charge in [0.1, 0.15) is 0 Å². The van der Waals surface area contributed by atoms with Gasteiger partial charge in [-0.05, 0) is 47.7 Å². The van der Waals surface area contributed by atoms with Crippen molar-refractivity contribution in [2.45, 2.75) is 6.92 Å². The van der Waals surface area contributed by atoms with Gasteiger partial charge in [0.05, 0.1) is 5.69 Å². The number of benzene rings is 2. The van der Waals surface area contributed by atoms with E-state index >= 15 is 0 Å². The van der Waals surface area contributed by atoms with Gasteiger partial charge in [-0.1, -0.05) is 24.3 Å². The van der Waals surface area contributed by atoms with Gasteiger partial charge in [-0.25, -0.2) is 0 Å². The van der Waals surface area contributed by atoms with Gasteiger partial charge in [-0.15, -0.1) is 5.10 Å². The van der Waals surface area contributed by atoms with Crippen LogP contribution < -0.4 is 4.90 Å². The van der Waals surface area contributed by atoms with E-state index in [0.29, 0.717) is 24.5 Å². The number of tetrazole rings is 1. The highest BCUT2D eigenvalue weighted by Crippen LogP contribution is 2.18. The van der Waals surface area contributed by atoms with E-state index in [0.717, 1.165) is 18.8 Å². The van der Waals surface area contributed by atoms with Crippen LogP contribution in [0.1, 0.15) is 16.2 Å². The first-order valence-electron chi connectivity index (χ1n) is 8.67. The second kappa shape index (κ2) is 6.95. The van der Waals surface area contributed by atoms with Crippen LogP contribution in [0.25, 0.3) is 5.69 Å². The predicted molar refractivity (Wildman–Crippen MR) is 98.4 cm³/mol. The fraction of sp³-hybridized carbons (Fsp3) is 0.263. The summed E-state index contributed by atoms with van der Waals surface area (Å²) in [6.45, 7) is 4.92. The maximum absolute atomic E-state index is 12.9. The Labute approximate surface area is 151 Å². The second-order valence-corrected chi connectivity index (χ2v) is 6.30. The first-order chi connectivity index (χ1) is 12.7. The normalized spacial score (nSPS) is 14.5. The number of para-hydroxylation sites is 1. The summed E-state index contributed by atoms with van der Waals surface area (Å²) >= 11 is 0. The number of aromatic nitrogens is 4. The molecule has 0 N–H and O–H groups in total. The van der Waals surface area contributed by atoms with E-state index in [9.17, 15) is 4.79 Å². The third kappa shape index (κ3) is 3.15. The van der Waals surface area contributed by atoms with Crippen molar-refractivity contribution >= 4 is 11.6 Å². The molecule has 4 rings (SSSR count). The lowest BCUT2D eigenvalue weighted by molar-refractivity contribution is 0.0746. The molecule has 2 aromatic carbocycles. The SMILES string of the molecule is Cc1nnnn1-c1cccc(C(=O)N2CCN(c3ccccc3)CC2)c1. The molecule has 0 spiro atoms. The number of rotatable bonds is 3. The quantitative estimate of drug-likeness (QED) is 0.724. The maximum atomic E-state index is 12.9. The number of carbonyl (C=O) groups excluding carboxylic acids is 1. The molecule has 0 aliphatic carbocycles. The van der Waals surface area contributed by atoms with Gasteiger partial charge in [0, 0.05) is 37.4 Å². The van der Waals surface area contributed by atoms with Crippen LogP contribution in [-0.4, -0.2) is 57.2 Å². The van der Waals surface area contributed by atoms with Crippen molar-refractivity contribution in [3.63, 3.8) is 0 Å². The molecule has 0 unspecified atom stereocenters. The summed E-state index contributed by atoms with van der Waals surface area (Å²) in [6, 6.07) is 17.8. The third-order valence-corrected chi connectivity index (χ3v) is 4.65. The molecule has 0 bridgehead atoms. The summed E-state index contributed by atoms with van der Waals surface area (Å²) < 4.78 is 1.63. The Morgan fingerprint density at radius 1 is 0.923 bits per heavy atom. The van der Waals surface area contributed by atoms with Crippen molar-refractivity contribution < 1.29 is 4.79 Å². The van der Waals surface area contributed by atoms with Crippen LogP contribution in [0.5, 0.6) is 0 Å². The second-order valence-electron chi connectivity index (χ2n) is 6.30. The first-order valence-corrected chi connectivity index (χ1v) is 8.67. The highest BCUT2D eigenvalue weighted by atomic mass is 16.2. The Bertz CT molecular complexity index is 899. The monoisotopic (exact) mass is 348 g/mol. The minimum absolute atomic E-state index is 0.0466. The molecule has 1 amide bonds. The molecule has 1 aliphatic rings. The molecule has 7 heteroatoms. The molecule has 132 valence electrons. The summed E-state index contributed by atoms with van der Waals surface area (Å²) in [7, 11) is 0. The molecular weight excluding hydrogens is 328 g/mol. The summed E-state index contributed by atoms with van der Waals surface area (Å²) in [5, 5.41) is 11.5. The molecule has 1 fully saturated rings. The van der Waals surface area contributed by atoms with Crippen molar-refractivity contribution in [2.24, 2.45) is 0 Å². The molecule has 1 saturated heterocycles. The number of anilines is 1. The van der Waals surface area contributed by atoms with Gasteiger partial charge < -0.3 is 9.80 Å². The van der Waals surface area contributed by atoms with Gasteiger partial charge in [-0.3, -0.25) is 4.79 Å². The van der Waals surface area contributed by atoms with Crippen LogP contribution in [0.4, 0.5) is 5.69 Å². The Balaban J connectivity index is 1.47. The molecule has 0 saturated carbocycles. The molecule has 3 aromatic rings. The van der Waals surface area contributed by atoms with Crippen LogP contribution in [0.2, 0.25) is 0 Å². The Kier molecular flexibility index (Phi) is 4.35. The zero-order chi connectivity index (χ0) is 17.9. The van der Waals surface area contributed by atoms with Crippen LogP contribution >= 0.6 is 0 Å². The van der Waals surface area contributed by atoms with E-state index in [1.165, 1.54) is 5.69 Å². The van der Waals surface area contributed by atoms with Crippen molar-refractivity contribution in [3.05, 3.63) is 66.0 Å². The highest BCUT2D eigenvalue weighted by Gasteiger charge is 2.22. The molecule has 2 heterocycles. The fourth-order valence-corrected chi connectivity index (χ4v) is 3.23. The van der Waals surface area contributed by atoms with Crippen molar-refractivity contribution in [1.82, 2.24) is 25.1 Å². The molecule has 26 heavy (non-hydrogen) atoms. The summed E-state index contributed by atoms with van der Waals surface area (Å²) in [4.78, 5) is 17.1. The van der Waals surface area contributed by atoms with Crippen molar-refractivity contribution in [2.75, 3.05) is 31.1 Å². The number of carbonyl (C=O) groups is 1. The molecule has 0 atom stereocenters. The Morgan fingerprint density at radius 3 is 2.35 bits per heavy atom. The zero-order valence-corrected chi connectivity index (χ0v) is 14.6. The Hall–Kier alpha value is -3.22. The number of aryl methyl sites for hydroxylation is 1. The molecule has 1 aromatic heterocycles. The molecule has 1 aliphatic heterocycles. The van der Waals surface area contributed by atoms with Crippen molar-refractivity contribution in [3.8, 4) is 5.69 Å². The summed E-state index contributed by atoms with van der Waals surface area (Å²) in [5.41, 5.74) is 2.66. The van der Waals surface area contributed by atoms with Gasteiger partial charge in [0.25, 0.3) is 5.91 Å². The minimum Gasteiger partial charge on any atom is -0.368 e. The van der Waals surface area contributed by atoms with Crippen LogP contribution in [0, 0.1) is 6.92 Å². The van der Waals surface area contributed by atoms with Gasteiger partial charge in [0.15, 0.2) is 5.82 Å². The largest absolute Gasteiger partial charge is 0.368 e. The highest BCUT2D eigenvalue weighted by molar-refractivity contribution is 5.95. The van der Waals surface area contributed by atoms with E-state index in [1.54, 1.807) is 4.68 Å². The average molecular weight is 348 g/mol. The van der Waals surface area contributed by atoms with Crippen LogP contribution in [-0.2, 0) is 0 Å². The number of piperazine rings is 1. The predicted octanol–water partition coefficient (Wildman–Crippen LogP) is 1.93. The first kappa shape index (κ1) is 16.3.